The Bertz CT molecular complexity index is 1330. The molecule has 1 N–H and O–H groups in total. The Balaban J connectivity index is 1.56. The maximum atomic E-state index is 13.1. The van der Waals surface area contributed by atoms with Gasteiger partial charge >= 0.3 is 6.03 Å². The van der Waals surface area contributed by atoms with Crippen LogP contribution in [0.15, 0.2) is 75.2 Å². The lowest BCUT2D eigenvalue weighted by Crippen LogP contribution is -2.54. The highest BCUT2D eigenvalue weighted by Gasteiger charge is 2.36. The van der Waals surface area contributed by atoms with E-state index >= 15 is 0 Å². The van der Waals surface area contributed by atoms with E-state index in [1.807, 2.05) is 38.1 Å². The minimum absolute atomic E-state index is 0.139. The predicted octanol–water partition coefficient (Wildman–Crippen LogP) is 6.07. The third-order valence-electron chi connectivity index (χ3n) is 5.28. The van der Waals surface area contributed by atoms with Gasteiger partial charge in [0.1, 0.15) is 17.9 Å². The molecule has 0 aromatic heterocycles. The van der Waals surface area contributed by atoms with Gasteiger partial charge in [0.2, 0.25) is 0 Å². The molecule has 8 heteroatoms. The average Bonchev–Trinajstić information content (AvgIpc) is 2.79. The Morgan fingerprint density at radius 3 is 2.32 bits per heavy atom. The van der Waals surface area contributed by atoms with Gasteiger partial charge in [-0.1, -0.05) is 51.8 Å². The van der Waals surface area contributed by atoms with Crippen LogP contribution >= 0.6 is 31.9 Å². The number of hydrogen-bond donors (Lipinski definition) is 1. The molecule has 1 fully saturated rings. The molecule has 4 rings (SSSR count). The van der Waals surface area contributed by atoms with Crippen LogP contribution in [-0.2, 0) is 16.2 Å². The number of ether oxygens (including phenoxy) is 1. The topological polar surface area (TPSA) is 75.7 Å². The number of halogens is 2. The molecule has 0 spiro atoms. The standard InChI is InChI=1S/C26H20Br2N2O4/c1-15-3-5-17(6-4-15)14-34-23-10-7-18(13-22(23)28)12-20-24(31)29-26(33)30(25(20)32)19-8-9-21(27)16(2)11-19/h3-13H,14H2,1-2H3,(H,29,31,33)/b20-12+. The number of anilines is 1. The van der Waals surface area contributed by atoms with Gasteiger partial charge < -0.3 is 4.74 Å². The molecule has 0 radical (unpaired) electrons. The van der Waals surface area contributed by atoms with Gasteiger partial charge in [-0.25, -0.2) is 9.69 Å². The third-order valence-corrected chi connectivity index (χ3v) is 6.79. The molecule has 0 saturated carbocycles. The van der Waals surface area contributed by atoms with Crippen LogP contribution in [0.4, 0.5) is 10.5 Å². The maximum absolute atomic E-state index is 13.1. The second-order valence-corrected chi connectivity index (χ2v) is 9.56. The van der Waals surface area contributed by atoms with Gasteiger partial charge in [0.25, 0.3) is 11.8 Å². The van der Waals surface area contributed by atoms with Gasteiger partial charge in [0, 0.05) is 4.47 Å². The molecule has 4 amide bonds. The molecule has 0 atom stereocenters. The van der Waals surface area contributed by atoms with Crippen LogP contribution in [0.2, 0.25) is 0 Å². The van der Waals surface area contributed by atoms with E-state index < -0.39 is 17.8 Å². The van der Waals surface area contributed by atoms with Crippen LogP contribution in [0.25, 0.3) is 6.08 Å². The van der Waals surface area contributed by atoms with Crippen molar-refractivity contribution in [1.29, 1.82) is 0 Å². The monoisotopic (exact) mass is 582 g/mol. The summed E-state index contributed by atoms with van der Waals surface area (Å²) in [5.41, 5.74) is 3.92. The van der Waals surface area contributed by atoms with Crippen molar-refractivity contribution in [2.45, 2.75) is 20.5 Å². The van der Waals surface area contributed by atoms with Crippen LogP contribution in [0.3, 0.4) is 0 Å². The molecule has 1 aliphatic rings. The Morgan fingerprint density at radius 2 is 1.65 bits per heavy atom. The first kappa shape index (κ1) is 23.9. The number of barbiturate groups is 1. The number of benzene rings is 3. The summed E-state index contributed by atoms with van der Waals surface area (Å²) < 4.78 is 7.41. The number of rotatable bonds is 5. The van der Waals surface area contributed by atoms with E-state index in [9.17, 15) is 14.4 Å². The lowest BCUT2D eigenvalue weighted by molar-refractivity contribution is -0.122. The molecule has 1 aliphatic heterocycles. The predicted molar refractivity (Wildman–Crippen MR) is 138 cm³/mol. The molecule has 0 aliphatic carbocycles. The number of carbonyl (C=O) groups excluding carboxylic acids is 3. The Hall–Kier alpha value is -3.23. The van der Waals surface area contributed by atoms with Crippen LogP contribution in [0, 0.1) is 13.8 Å². The highest BCUT2D eigenvalue weighted by Crippen LogP contribution is 2.30. The molecule has 0 bridgehead atoms. The number of aryl methyl sites for hydroxylation is 2. The number of nitrogens with one attached hydrogen (secondary N) is 1. The van der Waals surface area contributed by atoms with Crippen LogP contribution in [0.5, 0.6) is 5.75 Å². The average molecular weight is 584 g/mol. The van der Waals surface area contributed by atoms with Gasteiger partial charge in [-0.3, -0.25) is 14.9 Å². The molecule has 0 unspecified atom stereocenters. The number of carbonyl (C=O) groups is 3. The number of urea groups is 1. The van der Waals surface area contributed by atoms with E-state index in [0.29, 0.717) is 28.1 Å². The lowest BCUT2D eigenvalue weighted by Gasteiger charge is -2.26. The summed E-state index contributed by atoms with van der Waals surface area (Å²) in [7, 11) is 0. The Labute approximate surface area is 213 Å². The zero-order chi connectivity index (χ0) is 24.4. The van der Waals surface area contributed by atoms with Crippen molar-refractivity contribution < 1.29 is 19.1 Å². The minimum atomic E-state index is -0.782. The highest BCUT2D eigenvalue weighted by molar-refractivity contribution is 9.10. The van der Waals surface area contributed by atoms with Crippen molar-refractivity contribution in [2.75, 3.05) is 4.90 Å². The summed E-state index contributed by atoms with van der Waals surface area (Å²) >= 11 is 6.90. The van der Waals surface area contributed by atoms with E-state index in [1.54, 1.807) is 36.4 Å². The molecule has 34 heavy (non-hydrogen) atoms. The third kappa shape index (κ3) is 5.13. The fraction of sp³-hybridized carbons (Fsp3) is 0.115. The number of imide groups is 2. The number of nitrogens with zero attached hydrogens (tertiary/aromatic N) is 1. The van der Waals surface area contributed by atoms with Gasteiger partial charge in [-0.2, -0.15) is 0 Å². The molecule has 172 valence electrons. The number of hydrogen-bond acceptors (Lipinski definition) is 4. The van der Waals surface area contributed by atoms with Crippen LogP contribution < -0.4 is 15.0 Å². The van der Waals surface area contributed by atoms with Crippen molar-refractivity contribution in [3.8, 4) is 5.75 Å². The molecule has 1 saturated heterocycles. The highest BCUT2D eigenvalue weighted by atomic mass is 79.9. The van der Waals surface area contributed by atoms with Crippen LogP contribution in [0.1, 0.15) is 22.3 Å². The summed E-state index contributed by atoms with van der Waals surface area (Å²) in [5.74, 6) is -0.800. The van der Waals surface area contributed by atoms with Crippen molar-refractivity contribution in [2.24, 2.45) is 0 Å². The first-order chi connectivity index (χ1) is 16.2. The molecular weight excluding hydrogens is 564 g/mol. The summed E-state index contributed by atoms with van der Waals surface area (Å²) in [6, 6.07) is 17.6. The smallest absolute Gasteiger partial charge is 0.335 e. The summed E-state index contributed by atoms with van der Waals surface area (Å²) in [6.45, 7) is 4.28. The lowest BCUT2D eigenvalue weighted by atomic mass is 10.1. The quantitative estimate of drug-likeness (QED) is 0.292. The van der Waals surface area contributed by atoms with Crippen LogP contribution in [-0.4, -0.2) is 17.8 Å². The van der Waals surface area contributed by atoms with E-state index in [2.05, 4.69) is 37.2 Å². The van der Waals surface area contributed by atoms with Crippen molar-refractivity contribution in [3.63, 3.8) is 0 Å². The fourth-order valence-electron chi connectivity index (χ4n) is 3.40. The van der Waals surface area contributed by atoms with E-state index in [0.717, 1.165) is 20.5 Å². The molecule has 6 nitrogen and oxygen atoms in total. The van der Waals surface area contributed by atoms with Gasteiger partial charge in [0.05, 0.1) is 10.2 Å². The first-order valence-electron chi connectivity index (χ1n) is 10.4. The Morgan fingerprint density at radius 1 is 0.912 bits per heavy atom. The number of amides is 4. The van der Waals surface area contributed by atoms with Crippen molar-refractivity contribution in [1.82, 2.24) is 5.32 Å². The summed E-state index contributed by atoms with van der Waals surface area (Å²) in [4.78, 5) is 39.0. The van der Waals surface area contributed by atoms with Gasteiger partial charge in [0.15, 0.2) is 0 Å². The summed E-state index contributed by atoms with van der Waals surface area (Å²) in [5, 5.41) is 2.24. The normalized spacial score (nSPS) is 15.0. The molecule has 3 aromatic rings. The van der Waals surface area contributed by atoms with Gasteiger partial charge in [-0.05, 0) is 82.9 Å². The van der Waals surface area contributed by atoms with Crippen molar-refractivity contribution in [3.05, 3.63) is 97.4 Å². The molecule has 1 heterocycles. The second kappa shape index (κ2) is 9.95. The van der Waals surface area contributed by atoms with E-state index in [4.69, 9.17) is 4.74 Å². The Kier molecular flexibility index (Phi) is 7.00. The van der Waals surface area contributed by atoms with Crippen molar-refractivity contribution >= 4 is 61.5 Å². The fourth-order valence-corrected chi connectivity index (χ4v) is 4.15. The zero-order valence-electron chi connectivity index (χ0n) is 18.4. The SMILES string of the molecule is Cc1ccc(COc2ccc(/C=C3\C(=O)NC(=O)N(c4ccc(Br)c(C)c4)C3=O)cc2Br)cc1. The van der Waals surface area contributed by atoms with Gasteiger partial charge in [-0.15, -0.1) is 0 Å². The summed E-state index contributed by atoms with van der Waals surface area (Å²) in [6.07, 6.45) is 1.46. The maximum Gasteiger partial charge on any atom is 0.335 e. The minimum Gasteiger partial charge on any atom is -0.488 e. The second-order valence-electron chi connectivity index (χ2n) is 7.86. The molecule has 3 aromatic carbocycles. The van der Waals surface area contributed by atoms with E-state index in [-0.39, 0.29) is 5.57 Å². The largest absolute Gasteiger partial charge is 0.488 e. The molecular formula is C26H20Br2N2O4. The van der Waals surface area contributed by atoms with E-state index in [1.165, 1.54) is 11.6 Å². The first-order valence-corrected chi connectivity index (χ1v) is 12.0. The zero-order valence-corrected chi connectivity index (χ0v) is 21.6.